The number of carbonyl (C=O) groups is 1. The number of hydrogen-bond donors (Lipinski definition) is 2. The van der Waals surface area contributed by atoms with Crippen LogP contribution in [0, 0.1) is 0 Å². The zero-order valence-electron chi connectivity index (χ0n) is 17.7. The molecule has 0 saturated carbocycles. The Morgan fingerprint density at radius 1 is 0.939 bits per heavy atom. The molecule has 0 aliphatic rings. The Bertz CT molecular complexity index is 1200. The van der Waals surface area contributed by atoms with Crippen molar-refractivity contribution in [1.82, 2.24) is 5.32 Å². The van der Waals surface area contributed by atoms with Crippen molar-refractivity contribution in [3.63, 3.8) is 0 Å². The maximum absolute atomic E-state index is 12.7. The molecule has 0 bridgehead atoms. The third-order valence-corrected chi connectivity index (χ3v) is 6.32. The van der Waals surface area contributed by atoms with Gasteiger partial charge in [0.25, 0.3) is 15.9 Å². The average molecular weight is 509 g/mol. The summed E-state index contributed by atoms with van der Waals surface area (Å²) in [6, 6.07) is 17.6. The standard InChI is InChI=1S/C23H22Cl2N2O5S/c1-2-31-19-9-7-18(8-10-19)27-33(29,30)20-11-12-22(21(25)13-20)32-15-23(28)26-14-16-3-5-17(24)6-4-16/h3-13,27H,2,14-15H2,1H3,(H,26,28). The third-order valence-electron chi connectivity index (χ3n) is 4.39. The van der Waals surface area contributed by atoms with Gasteiger partial charge in [-0.1, -0.05) is 35.3 Å². The number of benzene rings is 3. The van der Waals surface area contributed by atoms with E-state index in [0.717, 1.165) is 5.56 Å². The fraction of sp³-hybridized carbons (Fsp3) is 0.174. The van der Waals surface area contributed by atoms with E-state index < -0.39 is 10.0 Å². The van der Waals surface area contributed by atoms with Crippen molar-refractivity contribution in [1.29, 1.82) is 0 Å². The first-order valence-electron chi connectivity index (χ1n) is 9.96. The predicted octanol–water partition coefficient (Wildman–Crippen LogP) is 4.89. The van der Waals surface area contributed by atoms with Crippen molar-refractivity contribution in [2.24, 2.45) is 0 Å². The van der Waals surface area contributed by atoms with Gasteiger partial charge >= 0.3 is 0 Å². The molecular weight excluding hydrogens is 487 g/mol. The van der Waals surface area contributed by atoms with Crippen molar-refractivity contribution in [2.45, 2.75) is 18.4 Å². The molecule has 0 spiro atoms. The van der Waals surface area contributed by atoms with Gasteiger partial charge in [-0.2, -0.15) is 0 Å². The third kappa shape index (κ3) is 7.28. The maximum Gasteiger partial charge on any atom is 0.261 e. The Morgan fingerprint density at radius 3 is 2.27 bits per heavy atom. The van der Waals surface area contributed by atoms with E-state index in [1.807, 2.05) is 6.92 Å². The molecule has 0 radical (unpaired) electrons. The van der Waals surface area contributed by atoms with E-state index in [9.17, 15) is 13.2 Å². The molecule has 3 rings (SSSR count). The summed E-state index contributed by atoms with van der Waals surface area (Å²) in [7, 11) is -3.87. The van der Waals surface area contributed by atoms with Crippen LogP contribution in [-0.2, 0) is 21.4 Å². The second kappa shape index (κ2) is 11.3. The summed E-state index contributed by atoms with van der Waals surface area (Å²) in [5, 5.41) is 3.40. The van der Waals surface area contributed by atoms with Crippen LogP contribution in [0.3, 0.4) is 0 Å². The maximum atomic E-state index is 12.7. The van der Waals surface area contributed by atoms with E-state index >= 15 is 0 Å². The second-order valence-electron chi connectivity index (χ2n) is 6.85. The van der Waals surface area contributed by atoms with Gasteiger partial charge in [-0.05, 0) is 67.1 Å². The highest BCUT2D eigenvalue weighted by atomic mass is 35.5. The lowest BCUT2D eigenvalue weighted by Gasteiger charge is -2.12. The van der Waals surface area contributed by atoms with Gasteiger partial charge in [-0.15, -0.1) is 0 Å². The topological polar surface area (TPSA) is 93.7 Å². The van der Waals surface area contributed by atoms with Crippen molar-refractivity contribution in [3.05, 3.63) is 82.3 Å². The molecule has 3 aromatic rings. The second-order valence-corrected chi connectivity index (χ2v) is 9.37. The predicted molar refractivity (Wildman–Crippen MR) is 129 cm³/mol. The van der Waals surface area contributed by atoms with Crippen LogP contribution in [0.4, 0.5) is 5.69 Å². The SMILES string of the molecule is CCOc1ccc(NS(=O)(=O)c2ccc(OCC(=O)NCc3ccc(Cl)cc3)c(Cl)c2)cc1. The molecule has 0 saturated heterocycles. The van der Waals surface area contributed by atoms with Gasteiger partial charge < -0.3 is 14.8 Å². The molecule has 7 nitrogen and oxygen atoms in total. The van der Waals surface area contributed by atoms with Gasteiger partial charge in [-0.25, -0.2) is 8.42 Å². The van der Waals surface area contributed by atoms with Crippen LogP contribution in [0.1, 0.15) is 12.5 Å². The highest BCUT2D eigenvalue weighted by molar-refractivity contribution is 7.92. The zero-order valence-corrected chi connectivity index (χ0v) is 20.0. The minimum absolute atomic E-state index is 0.0408. The normalized spacial score (nSPS) is 11.0. The summed E-state index contributed by atoms with van der Waals surface area (Å²) < 4.78 is 38.6. The fourth-order valence-corrected chi connectivity index (χ4v) is 4.27. The molecule has 0 aliphatic carbocycles. The number of anilines is 1. The summed E-state index contributed by atoms with van der Waals surface area (Å²) in [4.78, 5) is 12.0. The first-order chi connectivity index (χ1) is 15.8. The summed E-state index contributed by atoms with van der Waals surface area (Å²) >= 11 is 12.0. The first-order valence-corrected chi connectivity index (χ1v) is 12.2. The average Bonchev–Trinajstić information content (AvgIpc) is 2.79. The van der Waals surface area contributed by atoms with Crippen molar-refractivity contribution in [3.8, 4) is 11.5 Å². The molecule has 0 atom stereocenters. The minimum Gasteiger partial charge on any atom is -0.494 e. The van der Waals surface area contributed by atoms with Crippen molar-refractivity contribution in [2.75, 3.05) is 17.9 Å². The number of sulfonamides is 1. The van der Waals surface area contributed by atoms with E-state index in [1.54, 1.807) is 48.5 Å². The number of ether oxygens (including phenoxy) is 2. The lowest BCUT2D eigenvalue weighted by molar-refractivity contribution is -0.123. The van der Waals surface area contributed by atoms with Gasteiger partial charge in [0, 0.05) is 17.3 Å². The monoisotopic (exact) mass is 508 g/mol. The lowest BCUT2D eigenvalue weighted by Crippen LogP contribution is -2.28. The largest absolute Gasteiger partial charge is 0.494 e. The Hall–Kier alpha value is -2.94. The van der Waals surface area contributed by atoms with Gasteiger partial charge in [-0.3, -0.25) is 9.52 Å². The Labute approximate surface area is 202 Å². The number of halogens is 2. The number of hydrogen-bond acceptors (Lipinski definition) is 5. The van der Waals surface area contributed by atoms with Crippen LogP contribution in [0.2, 0.25) is 10.0 Å². The van der Waals surface area contributed by atoms with Crippen LogP contribution < -0.4 is 19.5 Å². The molecule has 0 aliphatic heterocycles. The van der Waals surface area contributed by atoms with E-state index in [0.29, 0.717) is 29.6 Å². The lowest BCUT2D eigenvalue weighted by atomic mass is 10.2. The van der Waals surface area contributed by atoms with E-state index in [-0.39, 0.29) is 28.2 Å². The molecule has 0 heterocycles. The summed E-state index contributed by atoms with van der Waals surface area (Å²) in [5.41, 5.74) is 1.27. The molecular formula is C23H22Cl2N2O5S. The molecule has 2 N–H and O–H groups in total. The highest BCUT2D eigenvalue weighted by Crippen LogP contribution is 2.28. The minimum atomic E-state index is -3.87. The van der Waals surface area contributed by atoms with Crippen LogP contribution in [-0.4, -0.2) is 27.5 Å². The van der Waals surface area contributed by atoms with E-state index in [1.165, 1.54) is 18.2 Å². The molecule has 0 unspecified atom stereocenters. The Balaban J connectivity index is 1.56. The summed E-state index contributed by atoms with van der Waals surface area (Å²) in [5.74, 6) is 0.482. The van der Waals surface area contributed by atoms with Crippen LogP contribution >= 0.6 is 23.2 Å². The van der Waals surface area contributed by atoms with Gasteiger partial charge in [0.15, 0.2) is 6.61 Å². The number of amides is 1. The molecule has 33 heavy (non-hydrogen) atoms. The van der Waals surface area contributed by atoms with Crippen LogP contribution in [0.15, 0.2) is 71.6 Å². The molecule has 3 aromatic carbocycles. The van der Waals surface area contributed by atoms with Gasteiger partial charge in [0.1, 0.15) is 11.5 Å². The van der Waals surface area contributed by atoms with Gasteiger partial charge in [0.2, 0.25) is 0 Å². The quantitative estimate of drug-likeness (QED) is 0.406. The van der Waals surface area contributed by atoms with Gasteiger partial charge in [0.05, 0.1) is 16.5 Å². The smallest absolute Gasteiger partial charge is 0.261 e. The molecule has 0 aromatic heterocycles. The Morgan fingerprint density at radius 2 is 1.64 bits per heavy atom. The summed E-state index contributed by atoms with van der Waals surface area (Å²) in [6.45, 7) is 2.43. The summed E-state index contributed by atoms with van der Waals surface area (Å²) in [6.07, 6.45) is 0. The van der Waals surface area contributed by atoms with Crippen molar-refractivity contribution >= 4 is 44.8 Å². The molecule has 1 amide bonds. The molecule has 10 heteroatoms. The van der Waals surface area contributed by atoms with Crippen LogP contribution in [0.25, 0.3) is 0 Å². The first kappa shape index (κ1) is 24.7. The number of carbonyl (C=O) groups excluding carboxylic acids is 1. The Kier molecular flexibility index (Phi) is 8.43. The fourth-order valence-electron chi connectivity index (χ4n) is 2.76. The zero-order chi connectivity index (χ0) is 23.8. The van der Waals surface area contributed by atoms with E-state index in [2.05, 4.69) is 10.0 Å². The number of nitrogens with one attached hydrogen (secondary N) is 2. The van der Waals surface area contributed by atoms with Crippen molar-refractivity contribution < 1.29 is 22.7 Å². The number of rotatable bonds is 10. The van der Waals surface area contributed by atoms with E-state index in [4.69, 9.17) is 32.7 Å². The van der Waals surface area contributed by atoms with Crippen LogP contribution in [0.5, 0.6) is 11.5 Å². The molecule has 0 fully saturated rings. The molecule has 174 valence electrons. The highest BCUT2D eigenvalue weighted by Gasteiger charge is 2.17.